The van der Waals surface area contributed by atoms with Gasteiger partial charge in [-0.2, -0.15) is 0 Å². The van der Waals surface area contributed by atoms with Crippen LogP contribution in [0.5, 0.6) is 5.75 Å². The van der Waals surface area contributed by atoms with Crippen molar-refractivity contribution in [2.45, 2.75) is 18.9 Å². The van der Waals surface area contributed by atoms with Crippen LogP contribution in [0.4, 0.5) is 8.78 Å². The average molecular weight is 264 g/mol. The van der Waals surface area contributed by atoms with Crippen LogP contribution in [0.15, 0.2) is 42.5 Å². The second-order valence-electron chi connectivity index (χ2n) is 4.35. The third kappa shape index (κ3) is 2.31. The molecule has 0 saturated heterocycles. The standard InChI is InChI=1S/C15H14F2O2/c1-2-15(19,10-6-8-11(16)9-7-10)14-12(17)4-3-5-13(14)18/h3-9,18-19H,2H2,1H3. The van der Waals surface area contributed by atoms with Crippen LogP contribution in [-0.2, 0) is 5.60 Å². The van der Waals surface area contributed by atoms with Crippen molar-refractivity contribution in [3.63, 3.8) is 0 Å². The minimum atomic E-state index is -1.69. The first-order chi connectivity index (χ1) is 8.99. The van der Waals surface area contributed by atoms with Crippen molar-refractivity contribution in [1.82, 2.24) is 0 Å². The van der Waals surface area contributed by atoms with Gasteiger partial charge in [0.2, 0.25) is 0 Å². The van der Waals surface area contributed by atoms with Crippen molar-refractivity contribution >= 4 is 0 Å². The fourth-order valence-electron chi connectivity index (χ4n) is 2.17. The quantitative estimate of drug-likeness (QED) is 0.892. The first-order valence-corrected chi connectivity index (χ1v) is 5.95. The molecule has 2 aromatic rings. The summed E-state index contributed by atoms with van der Waals surface area (Å²) in [5, 5.41) is 20.5. The number of hydrogen-bond donors (Lipinski definition) is 2. The number of aliphatic hydroxyl groups is 1. The van der Waals surface area contributed by atoms with E-state index in [1.54, 1.807) is 6.92 Å². The van der Waals surface area contributed by atoms with Gasteiger partial charge >= 0.3 is 0 Å². The van der Waals surface area contributed by atoms with Gasteiger partial charge in [0.1, 0.15) is 23.0 Å². The van der Waals surface area contributed by atoms with E-state index in [2.05, 4.69) is 0 Å². The maximum Gasteiger partial charge on any atom is 0.133 e. The van der Waals surface area contributed by atoms with E-state index in [9.17, 15) is 19.0 Å². The zero-order valence-electron chi connectivity index (χ0n) is 10.4. The van der Waals surface area contributed by atoms with E-state index in [4.69, 9.17) is 0 Å². The molecule has 2 N–H and O–H groups in total. The molecule has 1 atom stereocenters. The summed E-state index contributed by atoms with van der Waals surface area (Å²) in [6, 6.07) is 8.97. The minimum Gasteiger partial charge on any atom is -0.507 e. The summed E-state index contributed by atoms with van der Waals surface area (Å²) in [7, 11) is 0. The fourth-order valence-corrected chi connectivity index (χ4v) is 2.17. The van der Waals surface area contributed by atoms with Crippen LogP contribution in [-0.4, -0.2) is 10.2 Å². The Hall–Kier alpha value is -1.94. The largest absolute Gasteiger partial charge is 0.507 e. The van der Waals surface area contributed by atoms with Crippen molar-refractivity contribution in [2.75, 3.05) is 0 Å². The van der Waals surface area contributed by atoms with E-state index in [1.165, 1.54) is 42.5 Å². The van der Waals surface area contributed by atoms with Crippen molar-refractivity contribution in [3.8, 4) is 5.75 Å². The maximum absolute atomic E-state index is 13.9. The van der Waals surface area contributed by atoms with Gasteiger partial charge in [-0.1, -0.05) is 25.1 Å². The lowest BCUT2D eigenvalue weighted by molar-refractivity contribution is 0.0696. The van der Waals surface area contributed by atoms with Crippen LogP contribution >= 0.6 is 0 Å². The Labute approximate surface area is 110 Å². The molecule has 100 valence electrons. The Morgan fingerprint density at radius 1 is 1.05 bits per heavy atom. The lowest BCUT2D eigenvalue weighted by Crippen LogP contribution is -2.27. The molecule has 0 aliphatic rings. The first kappa shape index (κ1) is 13.5. The predicted molar refractivity (Wildman–Crippen MR) is 67.8 cm³/mol. The molecule has 0 aliphatic carbocycles. The highest BCUT2D eigenvalue weighted by Crippen LogP contribution is 2.39. The smallest absolute Gasteiger partial charge is 0.133 e. The van der Waals surface area contributed by atoms with Crippen molar-refractivity contribution in [2.24, 2.45) is 0 Å². The van der Waals surface area contributed by atoms with Gasteiger partial charge in [-0.05, 0) is 36.2 Å². The number of aromatic hydroxyl groups is 1. The van der Waals surface area contributed by atoms with E-state index in [-0.39, 0.29) is 17.7 Å². The van der Waals surface area contributed by atoms with Gasteiger partial charge in [0.25, 0.3) is 0 Å². The molecule has 19 heavy (non-hydrogen) atoms. The van der Waals surface area contributed by atoms with E-state index >= 15 is 0 Å². The Bertz CT molecular complexity index is 561. The van der Waals surface area contributed by atoms with Crippen molar-refractivity contribution < 1.29 is 19.0 Å². The third-order valence-electron chi connectivity index (χ3n) is 3.24. The minimum absolute atomic E-state index is 0.146. The van der Waals surface area contributed by atoms with Crippen LogP contribution in [0.3, 0.4) is 0 Å². The number of phenolic OH excluding ortho intramolecular Hbond substituents is 1. The zero-order chi connectivity index (χ0) is 14.0. The molecule has 0 radical (unpaired) electrons. The number of rotatable bonds is 3. The van der Waals surface area contributed by atoms with Crippen LogP contribution in [0, 0.1) is 11.6 Å². The molecule has 0 saturated carbocycles. The van der Waals surface area contributed by atoms with Crippen LogP contribution in [0.2, 0.25) is 0 Å². The second kappa shape index (κ2) is 4.97. The Morgan fingerprint density at radius 3 is 2.21 bits per heavy atom. The molecule has 4 heteroatoms. The lowest BCUT2D eigenvalue weighted by atomic mass is 9.83. The third-order valence-corrected chi connectivity index (χ3v) is 3.24. The summed E-state index contributed by atoms with van der Waals surface area (Å²) in [5.41, 5.74) is -1.55. The van der Waals surface area contributed by atoms with Crippen molar-refractivity contribution in [1.29, 1.82) is 0 Å². The van der Waals surface area contributed by atoms with Gasteiger partial charge < -0.3 is 10.2 Å². The Kier molecular flexibility index (Phi) is 3.53. The van der Waals surface area contributed by atoms with Gasteiger partial charge in [-0.25, -0.2) is 8.78 Å². The molecule has 0 aromatic heterocycles. The van der Waals surface area contributed by atoms with Gasteiger partial charge in [-0.15, -0.1) is 0 Å². The van der Waals surface area contributed by atoms with Gasteiger partial charge in [-0.3, -0.25) is 0 Å². The highest BCUT2D eigenvalue weighted by molar-refractivity contribution is 5.44. The summed E-state index contributed by atoms with van der Waals surface area (Å²) in [6.07, 6.45) is 0.146. The molecule has 2 nitrogen and oxygen atoms in total. The van der Waals surface area contributed by atoms with Gasteiger partial charge in [0, 0.05) is 0 Å². The lowest BCUT2D eigenvalue weighted by Gasteiger charge is -2.29. The fraction of sp³-hybridized carbons (Fsp3) is 0.200. The molecule has 1 unspecified atom stereocenters. The maximum atomic E-state index is 13.9. The van der Waals surface area contributed by atoms with Gasteiger partial charge in [0.05, 0.1) is 5.56 Å². The molecule has 0 aliphatic heterocycles. The summed E-state index contributed by atoms with van der Waals surface area (Å²) in [4.78, 5) is 0. The molecular weight excluding hydrogens is 250 g/mol. The topological polar surface area (TPSA) is 40.5 Å². The van der Waals surface area contributed by atoms with E-state index < -0.39 is 17.2 Å². The van der Waals surface area contributed by atoms with Crippen LogP contribution < -0.4 is 0 Å². The normalized spacial score (nSPS) is 14.1. The predicted octanol–water partition coefficient (Wildman–Crippen LogP) is 3.32. The SMILES string of the molecule is CCC(O)(c1ccc(F)cc1)c1c(O)cccc1F. The summed E-state index contributed by atoms with van der Waals surface area (Å²) in [5.74, 6) is -1.47. The molecular formula is C15H14F2O2. The van der Waals surface area contributed by atoms with Crippen LogP contribution in [0.1, 0.15) is 24.5 Å². The van der Waals surface area contributed by atoms with Gasteiger partial charge in [0.15, 0.2) is 0 Å². The second-order valence-corrected chi connectivity index (χ2v) is 4.35. The first-order valence-electron chi connectivity index (χ1n) is 5.95. The molecule has 0 bridgehead atoms. The van der Waals surface area contributed by atoms with Crippen molar-refractivity contribution in [3.05, 3.63) is 65.2 Å². The average Bonchev–Trinajstić information content (AvgIpc) is 2.39. The molecule has 2 rings (SSSR count). The monoisotopic (exact) mass is 264 g/mol. The number of hydrogen-bond acceptors (Lipinski definition) is 2. The van der Waals surface area contributed by atoms with Crippen LogP contribution in [0.25, 0.3) is 0 Å². The Balaban J connectivity index is 2.63. The highest BCUT2D eigenvalue weighted by atomic mass is 19.1. The number of benzene rings is 2. The molecule has 0 amide bonds. The number of phenols is 1. The summed E-state index contributed by atoms with van der Waals surface area (Å²) in [6.45, 7) is 1.66. The molecule has 0 spiro atoms. The van der Waals surface area contributed by atoms with E-state index in [1.807, 2.05) is 0 Å². The van der Waals surface area contributed by atoms with E-state index in [0.717, 1.165) is 0 Å². The highest BCUT2D eigenvalue weighted by Gasteiger charge is 2.35. The van der Waals surface area contributed by atoms with E-state index in [0.29, 0.717) is 5.56 Å². The Morgan fingerprint density at radius 2 is 1.68 bits per heavy atom. The summed E-state index contributed by atoms with van der Waals surface area (Å²) < 4.78 is 26.8. The molecule has 0 heterocycles. The zero-order valence-corrected chi connectivity index (χ0v) is 10.4. The molecule has 0 fully saturated rings. The molecule has 2 aromatic carbocycles. The summed E-state index contributed by atoms with van der Waals surface area (Å²) >= 11 is 0. The number of halogens is 2.